The zero-order valence-electron chi connectivity index (χ0n) is 8.40. The zero-order chi connectivity index (χ0) is 10.1. The molecule has 0 unspecified atom stereocenters. The van der Waals surface area contributed by atoms with Crippen molar-refractivity contribution in [3.8, 4) is 5.75 Å². The van der Waals surface area contributed by atoms with Gasteiger partial charge >= 0.3 is 0 Å². The van der Waals surface area contributed by atoms with Crippen molar-refractivity contribution < 1.29 is 4.74 Å². The van der Waals surface area contributed by atoms with Crippen LogP contribution in [0.1, 0.15) is 11.5 Å². The molecule has 0 aliphatic rings. The van der Waals surface area contributed by atoms with Crippen LogP contribution in [-0.2, 0) is 0 Å². The highest BCUT2D eigenvalue weighted by molar-refractivity contribution is 5.77. The van der Waals surface area contributed by atoms with Crippen molar-refractivity contribution in [1.82, 2.24) is 15.0 Å². The Bertz CT molecular complexity index is 482. The molecule has 72 valence electrons. The summed E-state index contributed by atoms with van der Waals surface area (Å²) in [5, 5.41) is 0. The Morgan fingerprint density at radius 1 is 1.21 bits per heavy atom. The fourth-order valence-corrected chi connectivity index (χ4v) is 1.41. The van der Waals surface area contributed by atoms with E-state index in [4.69, 9.17) is 4.74 Å². The van der Waals surface area contributed by atoms with Crippen molar-refractivity contribution in [2.75, 3.05) is 7.11 Å². The summed E-state index contributed by atoms with van der Waals surface area (Å²) in [6.07, 6.45) is 1.67. The average molecular weight is 189 g/mol. The maximum Gasteiger partial charge on any atom is 0.139 e. The van der Waals surface area contributed by atoms with Crippen LogP contribution in [0.15, 0.2) is 12.3 Å². The molecule has 0 radical (unpaired) electrons. The van der Waals surface area contributed by atoms with E-state index in [9.17, 15) is 0 Å². The van der Waals surface area contributed by atoms with Crippen LogP contribution < -0.4 is 4.74 Å². The summed E-state index contributed by atoms with van der Waals surface area (Å²) in [6, 6.07) is 1.87. The predicted molar refractivity (Wildman–Crippen MR) is 53.4 cm³/mol. The van der Waals surface area contributed by atoms with Gasteiger partial charge in [-0.1, -0.05) is 0 Å². The first-order valence-electron chi connectivity index (χ1n) is 4.35. The molecule has 4 heteroatoms. The molecule has 0 fully saturated rings. The Balaban J connectivity index is 2.75. The van der Waals surface area contributed by atoms with Crippen molar-refractivity contribution in [2.45, 2.75) is 13.8 Å². The number of hydrogen-bond donors (Lipinski definition) is 0. The quantitative estimate of drug-likeness (QED) is 0.684. The van der Waals surface area contributed by atoms with E-state index in [1.165, 1.54) is 0 Å². The number of aromatic nitrogens is 3. The van der Waals surface area contributed by atoms with E-state index in [0.29, 0.717) is 0 Å². The number of rotatable bonds is 1. The molecule has 14 heavy (non-hydrogen) atoms. The van der Waals surface area contributed by atoms with Crippen molar-refractivity contribution in [1.29, 1.82) is 0 Å². The largest absolute Gasteiger partial charge is 0.495 e. The van der Waals surface area contributed by atoms with Gasteiger partial charge < -0.3 is 4.74 Å². The number of ether oxygens (including phenoxy) is 1. The van der Waals surface area contributed by atoms with Crippen LogP contribution in [0, 0.1) is 13.8 Å². The van der Waals surface area contributed by atoms with Crippen LogP contribution in [-0.4, -0.2) is 22.1 Å². The molecule has 0 aromatic carbocycles. The molecular weight excluding hydrogens is 178 g/mol. The number of pyridine rings is 1. The Morgan fingerprint density at radius 3 is 2.71 bits per heavy atom. The summed E-state index contributed by atoms with van der Waals surface area (Å²) in [7, 11) is 1.61. The van der Waals surface area contributed by atoms with E-state index < -0.39 is 0 Å². The number of fused-ring (bicyclic) bond motifs is 1. The Kier molecular flexibility index (Phi) is 2.04. The summed E-state index contributed by atoms with van der Waals surface area (Å²) < 4.78 is 5.08. The summed E-state index contributed by atoms with van der Waals surface area (Å²) >= 11 is 0. The molecule has 0 bridgehead atoms. The van der Waals surface area contributed by atoms with Gasteiger partial charge in [-0.25, -0.2) is 15.0 Å². The first kappa shape index (κ1) is 8.87. The predicted octanol–water partition coefficient (Wildman–Crippen LogP) is 1.65. The lowest BCUT2D eigenvalue weighted by Crippen LogP contribution is -1.95. The Labute approximate surface area is 82.0 Å². The minimum Gasteiger partial charge on any atom is -0.495 e. The third-order valence-corrected chi connectivity index (χ3v) is 2.03. The van der Waals surface area contributed by atoms with Crippen LogP contribution in [0.25, 0.3) is 11.0 Å². The van der Waals surface area contributed by atoms with Crippen LogP contribution >= 0.6 is 0 Å². The normalized spacial score (nSPS) is 10.5. The topological polar surface area (TPSA) is 47.9 Å². The lowest BCUT2D eigenvalue weighted by Gasteiger charge is -2.03. The molecule has 4 nitrogen and oxygen atoms in total. The maximum absolute atomic E-state index is 5.08. The molecule has 0 saturated carbocycles. The molecule has 2 aromatic rings. The van der Waals surface area contributed by atoms with E-state index in [1.807, 2.05) is 19.9 Å². The van der Waals surface area contributed by atoms with Gasteiger partial charge in [0.2, 0.25) is 0 Å². The molecule has 2 aromatic heterocycles. The molecule has 0 saturated heterocycles. The van der Waals surface area contributed by atoms with Crippen molar-refractivity contribution >= 4 is 11.0 Å². The van der Waals surface area contributed by atoms with Gasteiger partial charge in [0.1, 0.15) is 17.1 Å². The minimum absolute atomic E-state index is 0.718. The van der Waals surface area contributed by atoms with Gasteiger partial charge in [-0.05, 0) is 13.8 Å². The van der Waals surface area contributed by atoms with E-state index in [0.717, 1.165) is 28.3 Å². The SMILES string of the molecule is COc1cnc2c(C)nc(C)nc2c1. The number of nitrogens with zero attached hydrogens (tertiary/aromatic N) is 3. The standard InChI is InChI=1S/C10H11N3O/c1-6-10-9(13-7(2)12-6)4-8(14-3)5-11-10/h4-5H,1-3H3. The zero-order valence-corrected chi connectivity index (χ0v) is 8.40. The molecule has 0 aliphatic heterocycles. The second-order valence-corrected chi connectivity index (χ2v) is 3.10. The van der Waals surface area contributed by atoms with Gasteiger partial charge in [-0.15, -0.1) is 0 Å². The number of hydrogen-bond acceptors (Lipinski definition) is 4. The lowest BCUT2D eigenvalue weighted by molar-refractivity contribution is 0.413. The summed E-state index contributed by atoms with van der Waals surface area (Å²) in [5.74, 6) is 1.47. The van der Waals surface area contributed by atoms with Crippen molar-refractivity contribution in [3.63, 3.8) is 0 Å². The van der Waals surface area contributed by atoms with E-state index in [-0.39, 0.29) is 0 Å². The van der Waals surface area contributed by atoms with E-state index >= 15 is 0 Å². The second kappa shape index (κ2) is 3.21. The third kappa shape index (κ3) is 1.39. The van der Waals surface area contributed by atoms with Gasteiger partial charge in [0.25, 0.3) is 0 Å². The van der Waals surface area contributed by atoms with Gasteiger partial charge in [-0.3, -0.25) is 0 Å². The summed E-state index contributed by atoms with van der Waals surface area (Å²) in [6.45, 7) is 3.79. The third-order valence-electron chi connectivity index (χ3n) is 2.03. The molecule has 0 spiro atoms. The first-order chi connectivity index (χ1) is 6.70. The molecule has 0 aliphatic carbocycles. The van der Waals surface area contributed by atoms with Crippen molar-refractivity contribution in [2.24, 2.45) is 0 Å². The summed E-state index contributed by atoms with van der Waals surface area (Å²) in [5.41, 5.74) is 2.56. The molecule has 0 N–H and O–H groups in total. The smallest absolute Gasteiger partial charge is 0.139 e. The summed E-state index contributed by atoms with van der Waals surface area (Å²) in [4.78, 5) is 12.8. The highest BCUT2D eigenvalue weighted by Crippen LogP contribution is 2.17. The molecular formula is C10H11N3O. The Hall–Kier alpha value is -1.71. The fraction of sp³-hybridized carbons (Fsp3) is 0.300. The minimum atomic E-state index is 0.718. The van der Waals surface area contributed by atoms with Gasteiger partial charge in [-0.2, -0.15) is 0 Å². The van der Waals surface area contributed by atoms with Gasteiger partial charge in [0.05, 0.1) is 24.5 Å². The Morgan fingerprint density at radius 2 is 2.00 bits per heavy atom. The maximum atomic E-state index is 5.08. The molecule has 0 atom stereocenters. The van der Waals surface area contributed by atoms with E-state index in [1.54, 1.807) is 13.3 Å². The lowest BCUT2D eigenvalue weighted by atomic mass is 10.3. The van der Waals surface area contributed by atoms with Gasteiger partial charge in [0.15, 0.2) is 0 Å². The molecule has 2 heterocycles. The number of aryl methyl sites for hydroxylation is 2. The molecule has 2 rings (SSSR count). The van der Waals surface area contributed by atoms with E-state index in [2.05, 4.69) is 15.0 Å². The monoisotopic (exact) mass is 189 g/mol. The highest BCUT2D eigenvalue weighted by atomic mass is 16.5. The highest BCUT2D eigenvalue weighted by Gasteiger charge is 2.04. The number of methoxy groups -OCH3 is 1. The van der Waals surface area contributed by atoms with Crippen LogP contribution in [0.2, 0.25) is 0 Å². The first-order valence-corrected chi connectivity index (χ1v) is 4.35. The van der Waals surface area contributed by atoms with Crippen LogP contribution in [0.5, 0.6) is 5.75 Å². The molecule has 0 amide bonds. The fourth-order valence-electron chi connectivity index (χ4n) is 1.41. The van der Waals surface area contributed by atoms with Crippen molar-refractivity contribution in [3.05, 3.63) is 23.8 Å². The van der Waals surface area contributed by atoms with Crippen LogP contribution in [0.4, 0.5) is 0 Å². The van der Waals surface area contributed by atoms with Gasteiger partial charge in [0, 0.05) is 6.07 Å². The second-order valence-electron chi connectivity index (χ2n) is 3.10. The average Bonchev–Trinajstić information content (AvgIpc) is 2.16. The van der Waals surface area contributed by atoms with Crippen LogP contribution in [0.3, 0.4) is 0 Å².